The fourth-order valence-electron chi connectivity index (χ4n) is 4.79. The van der Waals surface area contributed by atoms with Crippen molar-refractivity contribution in [1.29, 1.82) is 0 Å². The van der Waals surface area contributed by atoms with Crippen LogP contribution < -0.4 is 10.6 Å². The molecule has 0 aliphatic heterocycles. The molecular formula is C29H40FN2O4P. The summed E-state index contributed by atoms with van der Waals surface area (Å²) in [7, 11) is -2.16. The molecule has 0 bridgehead atoms. The molecule has 3 rings (SSSR count). The summed E-state index contributed by atoms with van der Waals surface area (Å²) in [6, 6.07) is 13.2. The van der Waals surface area contributed by atoms with E-state index >= 15 is 0 Å². The van der Waals surface area contributed by atoms with E-state index in [9.17, 15) is 23.4 Å². The molecule has 0 aromatic heterocycles. The van der Waals surface area contributed by atoms with Crippen molar-refractivity contribution in [2.24, 2.45) is 17.3 Å². The molecule has 0 radical (unpaired) electrons. The third kappa shape index (κ3) is 8.51. The van der Waals surface area contributed by atoms with Crippen LogP contribution in [0, 0.1) is 23.1 Å². The first kappa shape index (κ1) is 29.1. The van der Waals surface area contributed by atoms with Gasteiger partial charge in [-0.25, -0.2) is 4.39 Å². The molecule has 1 fully saturated rings. The molecule has 1 aliphatic carbocycles. The monoisotopic (exact) mass is 530 g/mol. The first-order valence-electron chi connectivity index (χ1n) is 13.0. The highest BCUT2D eigenvalue weighted by atomic mass is 31.2. The Balaban J connectivity index is 1.69. The Morgan fingerprint density at radius 1 is 1.05 bits per heavy atom. The van der Waals surface area contributed by atoms with Gasteiger partial charge in [-0.3, -0.25) is 14.2 Å². The topological polar surface area (TPSA) is 95.5 Å². The van der Waals surface area contributed by atoms with Gasteiger partial charge in [0.2, 0.25) is 19.2 Å². The molecule has 0 spiro atoms. The molecule has 1 aliphatic rings. The van der Waals surface area contributed by atoms with E-state index in [2.05, 4.69) is 10.6 Å². The largest absolute Gasteiger partial charge is 0.357 e. The Morgan fingerprint density at radius 2 is 1.68 bits per heavy atom. The van der Waals surface area contributed by atoms with Crippen molar-refractivity contribution < 1.29 is 23.4 Å². The summed E-state index contributed by atoms with van der Waals surface area (Å²) in [4.78, 5) is 36.7. The average molecular weight is 531 g/mol. The molecule has 37 heavy (non-hydrogen) atoms. The highest BCUT2D eigenvalue weighted by Gasteiger charge is 2.37. The summed E-state index contributed by atoms with van der Waals surface area (Å²) in [6.07, 6.45) is 3.95. The highest BCUT2D eigenvalue weighted by molar-refractivity contribution is 7.57. The quantitative estimate of drug-likeness (QED) is 0.345. The summed E-state index contributed by atoms with van der Waals surface area (Å²) in [6.45, 7) is 5.63. The van der Waals surface area contributed by atoms with Crippen molar-refractivity contribution in [1.82, 2.24) is 10.6 Å². The minimum atomic E-state index is -3.69. The molecule has 2 amide bonds. The van der Waals surface area contributed by atoms with E-state index in [1.807, 2.05) is 32.9 Å². The third-order valence-corrected chi connectivity index (χ3v) is 9.06. The van der Waals surface area contributed by atoms with E-state index < -0.39 is 24.7 Å². The minimum Gasteiger partial charge on any atom is -0.357 e. The predicted molar refractivity (Wildman–Crippen MR) is 145 cm³/mol. The Labute approximate surface area is 219 Å². The van der Waals surface area contributed by atoms with Crippen molar-refractivity contribution in [3.05, 3.63) is 71.0 Å². The van der Waals surface area contributed by atoms with E-state index in [-0.39, 0.29) is 30.0 Å². The van der Waals surface area contributed by atoms with Crippen molar-refractivity contribution in [2.45, 2.75) is 65.1 Å². The van der Waals surface area contributed by atoms with Gasteiger partial charge >= 0.3 is 0 Å². The van der Waals surface area contributed by atoms with Crippen LogP contribution >= 0.6 is 7.37 Å². The number of carbonyl (C=O) groups excluding carboxylic acids is 2. The smallest absolute Gasteiger partial charge is 0.242 e. The van der Waals surface area contributed by atoms with E-state index in [4.69, 9.17) is 0 Å². The number of benzene rings is 2. The number of halogens is 1. The van der Waals surface area contributed by atoms with Crippen LogP contribution in [0.5, 0.6) is 0 Å². The molecule has 3 N–H and O–H groups in total. The molecule has 2 aromatic rings. The van der Waals surface area contributed by atoms with Gasteiger partial charge in [-0.05, 0) is 40.5 Å². The molecule has 3 unspecified atom stereocenters. The lowest BCUT2D eigenvalue weighted by Crippen LogP contribution is -2.54. The summed E-state index contributed by atoms with van der Waals surface area (Å²) in [5.41, 5.74) is 1.69. The first-order chi connectivity index (χ1) is 17.4. The second kappa shape index (κ2) is 12.4. The van der Waals surface area contributed by atoms with Crippen LogP contribution in [-0.2, 0) is 26.7 Å². The number of amides is 2. The zero-order valence-electron chi connectivity index (χ0n) is 22.3. The van der Waals surface area contributed by atoms with E-state index in [0.29, 0.717) is 29.9 Å². The lowest BCUT2D eigenvalue weighted by molar-refractivity contribution is -0.133. The van der Waals surface area contributed by atoms with Gasteiger partial charge in [-0.1, -0.05) is 82.5 Å². The first-order valence-corrected chi connectivity index (χ1v) is 15.0. The molecule has 6 nitrogen and oxygen atoms in total. The SMILES string of the molecule is CNC(=O)C(NC(=O)C(CC1CCC1)CP(=O)(O)Cc1ccc(Cc2ccccc2F)cc1)C(C)(C)C. The van der Waals surface area contributed by atoms with Gasteiger partial charge in [0, 0.05) is 31.7 Å². The van der Waals surface area contributed by atoms with Crippen molar-refractivity contribution in [3.63, 3.8) is 0 Å². The van der Waals surface area contributed by atoms with Gasteiger partial charge < -0.3 is 15.5 Å². The molecule has 8 heteroatoms. The van der Waals surface area contributed by atoms with Gasteiger partial charge in [-0.15, -0.1) is 0 Å². The van der Waals surface area contributed by atoms with Gasteiger partial charge in [0.05, 0.1) is 0 Å². The van der Waals surface area contributed by atoms with Gasteiger partial charge in [-0.2, -0.15) is 0 Å². The maximum Gasteiger partial charge on any atom is 0.242 e. The summed E-state index contributed by atoms with van der Waals surface area (Å²) < 4.78 is 27.3. The maximum atomic E-state index is 14.0. The lowest BCUT2D eigenvalue weighted by Gasteiger charge is -2.34. The Morgan fingerprint density at radius 3 is 2.22 bits per heavy atom. The number of rotatable bonds is 11. The van der Waals surface area contributed by atoms with Crippen LogP contribution in [-0.4, -0.2) is 36.0 Å². The van der Waals surface area contributed by atoms with Crippen molar-refractivity contribution >= 4 is 19.2 Å². The molecular weight excluding hydrogens is 490 g/mol. The number of hydrogen-bond acceptors (Lipinski definition) is 3. The molecule has 3 atom stereocenters. The van der Waals surface area contributed by atoms with Crippen LogP contribution in [0.2, 0.25) is 0 Å². The third-order valence-electron chi connectivity index (χ3n) is 7.19. The van der Waals surface area contributed by atoms with Gasteiger partial charge in [0.1, 0.15) is 11.9 Å². The van der Waals surface area contributed by atoms with Crippen LogP contribution in [0.15, 0.2) is 48.5 Å². The number of carbonyl (C=O) groups is 2. The predicted octanol–water partition coefficient (Wildman–Crippen LogP) is 5.27. The molecule has 1 saturated carbocycles. The fraction of sp³-hybridized carbons (Fsp3) is 0.517. The second-order valence-electron chi connectivity index (χ2n) is 11.4. The van der Waals surface area contributed by atoms with E-state index in [1.54, 1.807) is 30.3 Å². The molecule has 2 aromatic carbocycles. The zero-order chi connectivity index (χ0) is 27.2. The van der Waals surface area contributed by atoms with Gasteiger partial charge in [0.25, 0.3) is 0 Å². The normalized spacial score (nSPS) is 17.2. The summed E-state index contributed by atoms with van der Waals surface area (Å²) in [5, 5.41) is 5.47. The molecule has 202 valence electrons. The van der Waals surface area contributed by atoms with Crippen molar-refractivity contribution in [2.75, 3.05) is 13.2 Å². The number of hydrogen-bond donors (Lipinski definition) is 3. The lowest BCUT2D eigenvalue weighted by atomic mass is 9.79. The summed E-state index contributed by atoms with van der Waals surface area (Å²) in [5.74, 6) is -1.17. The minimum absolute atomic E-state index is 0.0421. The second-order valence-corrected chi connectivity index (χ2v) is 13.8. The Hall–Kier alpha value is -2.50. The van der Waals surface area contributed by atoms with E-state index in [0.717, 1.165) is 24.8 Å². The Bertz CT molecular complexity index is 1130. The molecule has 0 heterocycles. The van der Waals surface area contributed by atoms with E-state index in [1.165, 1.54) is 13.1 Å². The van der Waals surface area contributed by atoms with Crippen molar-refractivity contribution in [3.8, 4) is 0 Å². The Kier molecular flexibility index (Phi) is 9.71. The molecule has 0 saturated heterocycles. The maximum absolute atomic E-state index is 14.0. The number of likely N-dealkylation sites (N-methyl/N-ethyl adjacent to an activating group) is 1. The van der Waals surface area contributed by atoms with Crippen LogP contribution in [0.3, 0.4) is 0 Å². The summed E-state index contributed by atoms with van der Waals surface area (Å²) >= 11 is 0. The van der Waals surface area contributed by atoms with Crippen LogP contribution in [0.1, 0.15) is 63.1 Å². The fourth-order valence-corrected chi connectivity index (χ4v) is 6.71. The highest BCUT2D eigenvalue weighted by Crippen LogP contribution is 2.48. The number of nitrogens with one attached hydrogen (secondary N) is 2. The van der Waals surface area contributed by atoms with Crippen LogP contribution in [0.4, 0.5) is 4.39 Å². The van der Waals surface area contributed by atoms with Gasteiger partial charge in [0.15, 0.2) is 0 Å². The zero-order valence-corrected chi connectivity index (χ0v) is 23.2. The standard InChI is InChI=1S/C29H40FN2O4P/c1-29(2,3)26(28(34)31-4)32-27(33)24(17-20-8-7-9-20)19-37(35,36)18-22-14-12-21(13-15-22)16-23-10-5-6-11-25(23)30/h5-6,10-15,20,24,26H,7-9,16-19H2,1-4H3,(H,31,34)(H,32,33)(H,35,36). The average Bonchev–Trinajstić information content (AvgIpc) is 2.80. The van der Waals surface area contributed by atoms with Crippen LogP contribution in [0.25, 0.3) is 0 Å².